The Bertz CT molecular complexity index is 633. The van der Waals surface area contributed by atoms with Gasteiger partial charge in [0.15, 0.2) is 0 Å². The Labute approximate surface area is 145 Å². The molecule has 0 spiro atoms. The smallest absolute Gasteiger partial charge is 0.338 e. The van der Waals surface area contributed by atoms with E-state index in [4.69, 9.17) is 4.74 Å². The predicted octanol–water partition coefficient (Wildman–Crippen LogP) is 5.77. The Kier molecular flexibility index (Phi) is 7.05. The lowest BCUT2D eigenvalue weighted by atomic mass is 9.91. The number of benzene rings is 2. The van der Waals surface area contributed by atoms with Crippen LogP contribution in [0.4, 0.5) is 0 Å². The van der Waals surface area contributed by atoms with E-state index in [1.807, 2.05) is 18.2 Å². The normalized spacial score (nSPS) is 13.3. The lowest BCUT2D eigenvalue weighted by Gasteiger charge is -2.19. The molecule has 2 rings (SSSR count). The van der Waals surface area contributed by atoms with Crippen LogP contribution in [-0.2, 0) is 11.2 Å². The van der Waals surface area contributed by atoms with Gasteiger partial charge in [-0.1, -0.05) is 63.2 Å². The van der Waals surface area contributed by atoms with Crippen molar-refractivity contribution >= 4 is 5.97 Å². The van der Waals surface area contributed by atoms with Crippen LogP contribution in [0.5, 0.6) is 0 Å². The molecule has 2 nitrogen and oxygen atoms in total. The van der Waals surface area contributed by atoms with E-state index in [-0.39, 0.29) is 12.1 Å². The summed E-state index contributed by atoms with van der Waals surface area (Å²) in [5, 5.41) is 0. The van der Waals surface area contributed by atoms with E-state index in [2.05, 4.69) is 45.0 Å². The monoisotopic (exact) mass is 324 g/mol. The maximum absolute atomic E-state index is 12.2. The molecule has 0 heterocycles. The Morgan fingerprint density at radius 1 is 0.958 bits per heavy atom. The van der Waals surface area contributed by atoms with E-state index in [1.165, 1.54) is 11.1 Å². The molecule has 2 unspecified atom stereocenters. The topological polar surface area (TPSA) is 26.3 Å². The number of hydrogen-bond acceptors (Lipinski definition) is 2. The van der Waals surface area contributed by atoms with Crippen molar-refractivity contribution in [2.45, 2.75) is 58.5 Å². The third-order valence-electron chi connectivity index (χ3n) is 4.67. The van der Waals surface area contributed by atoms with Crippen LogP contribution in [0.2, 0.25) is 0 Å². The number of esters is 1. The van der Waals surface area contributed by atoms with E-state index < -0.39 is 0 Å². The van der Waals surface area contributed by atoms with Gasteiger partial charge in [-0.05, 0) is 54.9 Å². The van der Waals surface area contributed by atoms with Crippen molar-refractivity contribution in [3.63, 3.8) is 0 Å². The average Bonchev–Trinajstić information content (AvgIpc) is 2.65. The second-order valence-electron chi connectivity index (χ2n) is 6.35. The summed E-state index contributed by atoms with van der Waals surface area (Å²) in [6.07, 6.45) is 3.74. The fraction of sp³-hybridized carbons (Fsp3) is 0.409. The van der Waals surface area contributed by atoms with Gasteiger partial charge in [0.1, 0.15) is 6.10 Å². The van der Waals surface area contributed by atoms with Gasteiger partial charge in [0.2, 0.25) is 0 Å². The highest BCUT2D eigenvalue weighted by atomic mass is 16.5. The quantitative estimate of drug-likeness (QED) is 0.576. The van der Waals surface area contributed by atoms with Crippen molar-refractivity contribution in [3.05, 3.63) is 71.3 Å². The van der Waals surface area contributed by atoms with Gasteiger partial charge in [-0.2, -0.15) is 0 Å². The van der Waals surface area contributed by atoms with Gasteiger partial charge in [0.25, 0.3) is 0 Å². The number of rotatable bonds is 8. The van der Waals surface area contributed by atoms with Gasteiger partial charge < -0.3 is 4.74 Å². The van der Waals surface area contributed by atoms with Gasteiger partial charge in [-0.25, -0.2) is 4.79 Å². The second-order valence-corrected chi connectivity index (χ2v) is 6.35. The minimum absolute atomic E-state index is 0.0392. The van der Waals surface area contributed by atoms with E-state index in [0.717, 1.165) is 25.7 Å². The first-order valence-corrected chi connectivity index (χ1v) is 8.99. The maximum atomic E-state index is 12.2. The maximum Gasteiger partial charge on any atom is 0.338 e. The van der Waals surface area contributed by atoms with E-state index in [9.17, 15) is 4.79 Å². The molecule has 0 fully saturated rings. The standard InChI is InChI=1S/C22H28O2/c1-4-17(3)21-14-10-9-11-18(21)15-16-20(5-2)24-22(23)19-12-7-6-8-13-19/h6-14,17,20H,4-5,15-16H2,1-3H3. The van der Waals surface area contributed by atoms with Gasteiger partial charge in [-0.3, -0.25) is 0 Å². The van der Waals surface area contributed by atoms with Crippen LogP contribution in [0.3, 0.4) is 0 Å². The first-order valence-electron chi connectivity index (χ1n) is 8.99. The van der Waals surface area contributed by atoms with E-state index in [0.29, 0.717) is 11.5 Å². The van der Waals surface area contributed by atoms with Crippen molar-refractivity contribution in [2.75, 3.05) is 0 Å². The highest BCUT2D eigenvalue weighted by Gasteiger charge is 2.16. The average molecular weight is 324 g/mol. The molecule has 0 aliphatic rings. The molecule has 2 atom stereocenters. The molecule has 0 saturated heterocycles. The summed E-state index contributed by atoms with van der Waals surface area (Å²) in [6, 6.07) is 17.9. The molecule has 0 amide bonds. The summed E-state index contributed by atoms with van der Waals surface area (Å²) < 4.78 is 5.70. The number of carbonyl (C=O) groups excluding carboxylic acids is 1. The van der Waals surface area contributed by atoms with E-state index >= 15 is 0 Å². The van der Waals surface area contributed by atoms with Crippen molar-refractivity contribution in [1.29, 1.82) is 0 Å². The highest BCUT2D eigenvalue weighted by molar-refractivity contribution is 5.89. The summed E-state index contributed by atoms with van der Waals surface area (Å²) in [7, 11) is 0. The zero-order valence-corrected chi connectivity index (χ0v) is 15.0. The summed E-state index contributed by atoms with van der Waals surface area (Å²) >= 11 is 0. The zero-order chi connectivity index (χ0) is 17.4. The minimum Gasteiger partial charge on any atom is -0.459 e. The van der Waals surface area contributed by atoms with Crippen LogP contribution in [0.1, 0.15) is 67.4 Å². The molecule has 2 heteroatoms. The summed E-state index contributed by atoms with van der Waals surface area (Å²) in [6.45, 7) is 6.56. The SMILES string of the molecule is CCC(CCc1ccccc1C(C)CC)OC(=O)c1ccccc1. The fourth-order valence-electron chi connectivity index (χ4n) is 2.92. The molecule has 0 aromatic heterocycles. The molecule has 0 bridgehead atoms. The second kappa shape index (κ2) is 9.27. The van der Waals surface area contributed by atoms with Crippen LogP contribution in [-0.4, -0.2) is 12.1 Å². The molecule has 0 aliphatic carbocycles. The third kappa shape index (κ3) is 4.95. The lowest BCUT2D eigenvalue weighted by molar-refractivity contribution is 0.0273. The molecule has 2 aromatic rings. The number of ether oxygens (including phenoxy) is 1. The van der Waals surface area contributed by atoms with Crippen molar-refractivity contribution < 1.29 is 9.53 Å². The van der Waals surface area contributed by atoms with Crippen LogP contribution in [0.25, 0.3) is 0 Å². The van der Waals surface area contributed by atoms with Gasteiger partial charge in [-0.15, -0.1) is 0 Å². The van der Waals surface area contributed by atoms with Gasteiger partial charge >= 0.3 is 5.97 Å². The number of aryl methyl sites for hydroxylation is 1. The van der Waals surface area contributed by atoms with Crippen molar-refractivity contribution in [3.8, 4) is 0 Å². The van der Waals surface area contributed by atoms with E-state index in [1.54, 1.807) is 12.1 Å². The van der Waals surface area contributed by atoms with Gasteiger partial charge in [0, 0.05) is 0 Å². The molecular formula is C22H28O2. The van der Waals surface area contributed by atoms with Gasteiger partial charge in [0.05, 0.1) is 5.56 Å². The Hall–Kier alpha value is -2.09. The first kappa shape index (κ1) is 18.3. The molecule has 24 heavy (non-hydrogen) atoms. The van der Waals surface area contributed by atoms with Crippen LogP contribution in [0.15, 0.2) is 54.6 Å². The molecule has 0 radical (unpaired) electrons. The lowest BCUT2D eigenvalue weighted by Crippen LogP contribution is -2.18. The van der Waals surface area contributed by atoms with Crippen LogP contribution >= 0.6 is 0 Å². The number of carbonyl (C=O) groups is 1. The molecular weight excluding hydrogens is 296 g/mol. The Morgan fingerprint density at radius 2 is 1.62 bits per heavy atom. The molecule has 0 saturated carbocycles. The third-order valence-corrected chi connectivity index (χ3v) is 4.67. The summed E-state index contributed by atoms with van der Waals surface area (Å²) in [5.74, 6) is 0.339. The molecule has 128 valence electrons. The first-order chi connectivity index (χ1) is 11.7. The zero-order valence-electron chi connectivity index (χ0n) is 15.0. The summed E-state index contributed by atoms with van der Waals surface area (Å²) in [4.78, 5) is 12.2. The molecule has 2 aromatic carbocycles. The minimum atomic E-state index is -0.224. The summed E-state index contributed by atoms with van der Waals surface area (Å²) in [5.41, 5.74) is 3.42. The Morgan fingerprint density at radius 3 is 2.29 bits per heavy atom. The molecule has 0 aliphatic heterocycles. The predicted molar refractivity (Wildman–Crippen MR) is 99.4 cm³/mol. The van der Waals surface area contributed by atoms with Crippen LogP contribution < -0.4 is 0 Å². The van der Waals surface area contributed by atoms with Crippen molar-refractivity contribution in [2.24, 2.45) is 0 Å². The number of hydrogen-bond donors (Lipinski definition) is 0. The van der Waals surface area contributed by atoms with Crippen molar-refractivity contribution in [1.82, 2.24) is 0 Å². The largest absolute Gasteiger partial charge is 0.459 e. The fourth-order valence-corrected chi connectivity index (χ4v) is 2.92. The Balaban J connectivity index is 1.98. The molecule has 0 N–H and O–H groups in total. The highest BCUT2D eigenvalue weighted by Crippen LogP contribution is 2.24. The van der Waals surface area contributed by atoms with Crippen LogP contribution in [0, 0.1) is 0 Å².